The highest BCUT2D eigenvalue weighted by molar-refractivity contribution is 5.72. The van der Waals surface area contributed by atoms with Gasteiger partial charge < -0.3 is 4.79 Å². The molecule has 0 aliphatic heterocycles. The second-order valence-electron chi connectivity index (χ2n) is 4.54. The average Bonchev–Trinajstić information content (AvgIpc) is 2.01. The van der Waals surface area contributed by atoms with Crippen molar-refractivity contribution in [2.24, 2.45) is 0 Å². The molecule has 0 rings (SSSR count). The maximum atomic E-state index is 10.5. The summed E-state index contributed by atoms with van der Waals surface area (Å²) >= 11 is 0. The van der Waals surface area contributed by atoms with Crippen molar-refractivity contribution in [1.82, 2.24) is 0 Å². The Bertz CT molecular complexity index is 272. The van der Waals surface area contributed by atoms with Crippen molar-refractivity contribution in [3.05, 3.63) is 20.2 Å². The van der Waals surface area contributed by atoms with Gasteiger partial charge in [0.05, 0.1) is 0 Å². The molecule has 0 spiro atoms. The van der Waals surface area contributed by atoms with Crippen LogP contribution < -0.4 is 0 Å². The molecule has 0 atom stereocenters. The number of carbonyl (C=O) groups excluding carboxylic acids is 1. The predicted molar refractivity (Wildman–Crippen MR) is 98.9 cm³/mol. The Morgan fingerprint density at radius 2 is 0.773 bits per heavy atom. The molecule has 0 aromatic rings. The molecule has 0 aliphatic rings. The van der Waals surface area contributed by atoms with Crippen LogP contribution in [0.15, 0.2) is 0 Å². The fraction of sp³-hybridized carbons (Fsp3) is 0.933. The standard InChI is InChI=1S/C6H12N2O4.C3H6O.6CH4/c1-5(2,7(9)10)6(3,4)8(11)12;1-3(2)4;;;;;;/h1-4H3;1-2H3;6*1H4. The number of hydrogen-bond donors (Lipinski definition) is 0. The molecule has 7 heteroatoms. The number of ketones is 1. The minimum Gasteiger partial charge on any atom is -0.300 e. The Balaban J connectivity index is -0.0000000296. The number of rotatable bonds is 3. The van der Waals surface area contributed by atoms with Gasteiger partial charge in [0.2, 0.25) is 0 Å². The van der Waals surface area contributed by atoms with Crippen LogP contribution in [0.5, 0.6) is 0 Å². The number of carbonyl (C=O) groups is 1. The highest BCUT2D eigenvalue weighted by atomic mass is 16.6. The topological polar surface area (TPSA) is 103 Å². The van der Waals surface area contributed by atoms with E-state index in [4.69, 9.17) is 0 Å². The molecule has 0 aromatic carbocycles. The Labute approximate surface area is 138 Å². The van der Waals surface area contributed by atoms with Crippen LogP contribution in [0.2, 0.25) is 0 Å². The smallest absolute Gasteiger partial charge is 0.284 e. The van der Waals surface area contributed by atoms with E-state index in [0.29, 0.717) is 0 Å². The van der Waals surface area contributed by atoms with Crippen molar-refractivity contribution < 1.29 is 14.6 Å². The van der Waals surface area contributed by atoms with E-state index in [0.717, 1.165) is 0 Å². The van der Waals surface area contributed by atoms with Crippen molar-refractivity contribution in [1.29, 1.82) is 0 Å². The molecule has 0 aliphatic carbocycles. The van der Waals surface area contributed by atoms with Gasteiger partial charge in [-0.25, -0.2) is 0 Å². The molecule has 0 heterocycles. The van der Waals surface area contributed by atoms with Gasteiger partial charge in [0.15, 0.2) is 0 Å². The molecule has 0 saturated heterocycles. The summed E-state index contributed by atoms with van der Waals surface area (Å²) in [4.78, 5) is 29.1. The molecule has 7 nitrogen and oxygen atoms in total. The summed E-state index contributed by atoms with van der Waals surface area (Å²) in [6.07, 6.45) is 0. The Hall–Kier alpha value is -1.53. The maximum absolute atomic E-state index is 10.5. The summed E-state index contributed by atoms with van der Waals surface area (Å²) < 4.78 is 0. The van der Waals surface area contributed by atoms with Gasteiger partial charge in [0, 0.05) is 37.5 Å². The lowest BCUT2D eigenvalue weighted by Gasteiger charge is -2.25. The van der Waals surface area contributed by atoms with E-state index in [2.05, 4.69) is 0 Å². The van der Waals surface area contributed by atoms with Gasteiger partial charge in [-0.15, -0.1) is 0 Å². The first-order valence-electron chi connectivity index (χ1n) is 4.63. The molecular formula is C15H42N2O5. The zero-order valence-electron chi connectivity index (χ0n) is 10.4. The first kappa shape index (κ1) is 49.9. The second-order valence-corrected chi connectivity index (χ2v) is 4.54. The summed E-state index contributed by atoms with van der Waals surface area (Å²) in [5, 5.41) is 20.9. The number of nitrogens with zero attached hydrogens (tertiary/aromatic N) is 2. The highest BCUT2D eigenvalue weighted by Crippen LogP contribution is 2.27. The first-order valence-corrected chi connectivity index (χ1v) is 4.63. The van der Waals surface area contributed by atoms with E-state index in [1.165, 1.54) is 41.5 Å². The molecule has 0 amide bonds. The molecule has 0 radical (unpaired) electrons. The van der Waals surface area contributed by atoms with E-state index in [1.54, 1.807) is 0 Å². The summed E-state index contributed by atoms with van der Waals surface area (Å²) in [6, 6.07) is 0. The van der Waals surface area contributed by atoms with Crippen LogP contribution >= 0.6 is 0 Å². The highest BCUT2D eigenvalue weighted by Gasteiger charge is 2.57. The lowest BCUT2D eigenvalue weighted by Crippen LogP contribution is -2.55. The van der Waals surface area contributed by atoms with Crippen LogP contribution in [0.4, 0.5) is 0 Å². The molecule has 142 valence electrons. The zero-order chi connectivity index (χ0) is 13.7. The van der Waals surface area contributed by atoms with Crippen LogP contribution in [0.25, 0.3) is 0 Å². The third kappa shape index (κ3) is 14.9. The van der Waals surface area contributed by atoms with E-state index in [9.17, 15) is 25.0 Å². The molecule has 0 N–H and O–H groups in total. The monoisotopic (exact) mass is 330 g/mol. The van der Waals surface area contributed by atoms with E-state index in [-0.39, 0.29) is 50.3 Å². The van der Waals surface area contributed by atoms with Crippen molar-refractivity contribution in [3.63, 3.8) is 0 Å². The Morgan fingerprint density at radius 3 is 0.818 bits per heavy atom. The van der Waals surface area contributed by atoms with E-state index in [1.807, 2.05) is 0 Å². The summed E-state index contributed by atoms with van der Waals surface area (Å²) in [5.41, 5.74) is -3.12. The summed E-state index contributed by atoms with van der Waals surface area (Å²) in [6.45, 7) is 8.04. The van der Waals surface area contributed by atoms with E-state index >= 15 is 0 Å². The minimum absolute atomic E-state index is 0. The van der Waals surface area contributed by atoms with Gasteiger partial charge in [-0.05, 0) is 13.8 Å². The van der Waals surface area contributed by atoms with Crippen LogP contribution in [0.1, 0.15) is 86.1 Å². The third-order valence-corrected chi connectivity index (χ3v) is 2.41. The molecule has 0 aromatic heterocycles. The normalized spacial score (nSPS) is 8.09. The van der Waals surface area contributed by atoms with Gasteiger partial charge in [-0.2, -0.15) is 0 Å². The summed E-state index contributed by atoms with van der Waals surface area (Å²) in [5.74, 6) is 0.167. The lowest BCUT2D eigenvalue weighted by atomic mass is 9.84. The average molecular weight is 331 g/mol. The fourth-order valence-electron chi connectivity index (χ4n) is 0.447. The molecule has 0 bridgehead atoms. The number of hydrogen-bond acceptors (Lipinski definition) is 5. The summed E-state index contributed by atoms with van der Waals surface area (Å²) in [7, 11) is 0. The minimum atomic E-state index is -1.56. The van der Waals surface area contributed by atoms with Gasteiger partial charge in [-0.1, -0.05) is 44.6 Å². The van der Waals surface area contributed by atoms with Crippen molar-refractivity contribution in [3.8, 4) is 0 Å². The maximum Gasteiger partial charge on any atom is 0.284 e. The van der Waals surface area contributed by atoms with Crippen LogP contribution in [0, 0.1) is 20.2 Å². The first-order chi connectivity index (χ1) is 6.87. The Kier molecular flexibility index (Phi) is 39.7. The molecule has 0 saturated carbocycles. The van der Waals surface area contributed by atoms with Crippen molar-refractivity contribution >= 4 is 5.78 Å². The Morgan fingerprint density at radius 1 is 0.682 bits per heavy atom. The SMILES string of the molecule is C.C.C.C.C.C.CC(C)([N+](=O)[O-])C(C)(C)[N+](=O)[O-].CC(C)=O. The number of Topliss-reactive ketones (excluding diaryl/α,β-unsaturated/α-hetero) is 1. The van der Waals surface area contributed by atoms with Gasteiger partial charge in [0.25, 0.3) is 11.1 Å². The van der Waals surface area contributed by atoms with E-state index < -0.39 is 20.9 Å². The van der Waals surface area contributed by atoms with Crippen molar-refractivity contribution in [2.75, 3.05) is 0 Å². The van der Waals surface area contributed by atoms with Gasteiger partial charge >= 0.3 is 0 Å². The van der Waals surface area contributed by atoms with Crippen LogP contribution in [-0.4, -0.2) is 26.7 Å². The predicted octanol–water partition coefficient (Wildman–Crippen LogP) is 5.51. The fourth-order valence-corrected chi connectivity index (χ4v) is 0.447. The third-order valence-electron chi connectivity index (χ3n) is 2.41. The number of nitro groups is 2. The molecule has 22 heavy (non-hydrogen) atoms. The second kappa shape index (κ2) is 17.5. The van der Waals surface area contributed by atoms with Crippen molar-refractivity contribution in [2.45, 2.75) is 97.2 Å². The van der Waals surface area contributed by atoms with Gasteiger partial charge in [-0.3, -0.25) is 20.2 Å². The molecular weight excluding hydrogens is 288 g/mol. The zero-order valence-corrected chi connectivity index (χ0v) is 10.4. The van der Waals surface area contributed by atoms with Gasteiger partial charge in [0.1, 0.15) is 5.78 Å². The van der Waals surface area contributed by atoms with Crippen LogP contribution in [0.3, 0.4) is 0 Å². The largest absolute Gasteiger partial charge is 0.300 e. The lowest BCUT2D eigenvalue weighted by molar-refractivity contribution is -0.673. The quantitative estimate of drug-likeness (QED) is 0.501. The molecule has 0 unspecified atom stereocenters. The molecule has 0 fully saturated rings. The van der Waals surface area contributed by atoms with Crippen LogP contribution in [-0.2, 0) is 4.79 Å².